The van der Waals surface area contributed by atoms with Gasteiger partial charge < -0.3 is 11.1 Å². The van der Waals surface area contributed by atoms with Gasteiger partial charge in [0.2, 0.25) is 0 Å². The number of nitrogen functional groups attached to an aromatic ring is 1. The second kappa shape index (κ2) is 4.97. The Hall–Kier alpha value is -1.21. The van der Waals surface area contributed by atoms with Gasteiger partial charge in [0.05, 0.1) is 6.04 Å². The van der Waals surface area contributed by atoms with Gasteiger partial charge >= 0.3 is 0 Å². The van der Waals surface area contributed by atoms with Gasteiger partial charge in [0, 0.05) is 11.1 Å². The Morgan fingerprint density at radius 2 is 2.18 bits per heavy atom. The molecule has 90 valence electrons. The number of anilines is 2. The van der Waals surface area contributed by atoms with Crippen molar-refractivity contribution in [2.45, 2.75) is 19.9 Å². The van der Waals surface area contributed by atoms with E-state index in [4.69, 9.17) is 5.73 Å². The minimum Gasteiger partial charge on any atom is -0.383 e. The molecule has 0 fully saturated rings. The number of rotatable bonds is 3. The van der Waals surface area contributed by atoms with Gasteiger partial charge in [0.1, 0.15) is 27.4 Å². The molecule has 0 aliphatic rings. The lowest BCUT2D eigenvalue weighted by Crippen LogP contribution is -2.09. The van der Waals surface area contributed by atoms with Gasteiger partial charge in [-0.1, -0.05) is 0 Å². The molecule has 7 heteroatoms. The lowest BCUT2D eigenvalue weighted by molar-refractivity contribution is 0.857. The van der Waals surface area contributed by atoms with Gasteiger partial charge in [-0.2, -0.15) is 0 Å². The summed E-state index contributed by atoms with van der Waals surface area (Å²) in [5, 5.41) is 4.27. The van der Waals surface area contributed by atoms with E-state index in [1.165, 1.54) is 11.2 Å². The number of thiazole rings is 1. The molecule has 2 aromatic heterocycles. The topological polar surface area (TPSA) is 76.7 Å². The average molecular weight is 314 g/mol. The van der Waals surface area contributed by atoms with E-state index in [-0.39, 0.29) is 6.04 Å². The van der Waals surface area contributed by atoms with E-state index < -0.39 is 0 Å². The highest BCUT2D eigenvalue weighted by molar-refractivity contribution is 9.10. The van der Waals surface area contributed by atoms with Crippen LogP contribution in [0.2, 0.25) is 0 Å². The van der Waals surface area contributed by atoms with Crippen molar-refractivity contribution >= 4 is 38.9 Å². The quantitative estimate of drug-likeness (QED) is 0.911. The van der Waals surface area contributed by atoms with Crippen LogP contribution in [0.5, 0.6) is 0 Å². The highest BCUT2D eigenvalue weighted by Gasteiger charge is 2.13. The number of aryl methyl sites for hydroxylation is 1. The van der Waals surface area contributed by atoms with Crippen LogP contribution in [0.3, 0.4) is 0 Å². The predicted octanol–water partition coefficient (Wildman–Crippen LogP) is 2.76. The van der Waals surface area contributed by atoms with Crippen LogP contribution in [0.15, 0.2) is 17.0 Å². The molecule has 5 nitrogen and oxygen atoms in total. The van der Waals surface area contributed by atoms with Crippen molar-refractivity contribution < 1.29 is 0 Å². The fourth-order valence-electron chi connectivity index (χ4n) is 1.32. The van der Waals surface area contributed by atoms with E-state index in [0.29, 0.717) is 16.1 Å². The SMILES string of the molecule is Cc1cnc(C(C)Nc2ncnc(N)c2Br)s1. The Morgan fingerprint density at radius 3 is 2.82 bits per heavy atom. The summed E-state index contributed by atoms with van der Waals surface area (Å²) in [5.41, 5.74) is 5.69. The first-order valence-corrected chi connectivity index (χ1v) is 6.63. The molecule has 2 rings (SSSR count). The number of nitrogens with zero attached hydrogens (tertiary/aromatic N) is 3. The summed E-state index contributed by atoms with van der Waals surface area (Å²) >= 11 is 5.02. The molecule has 0 saturated carbocycles. The molecule has 0 aliphatic heterocycles. The lowest BCUT2D eigenvalue weighted by atomic mass is 10.3. The smallest absolute Gasteiger partial charge is 0.146 e. The van der Waals surface area contributed by atoms with Crippen molar-refractivity contribution in [2.75, 3.05) is 11.1 Å². The van der Waals surface area contributed by atoms with Crippen LogP contribution in [0, 0.1) is 6.92 Å². The molecule has 0 spiro atoms. The summed E-state index contributed by atoms with van der Waals surface area (Å²) in [7, 11) is 0. The summed E-state index contributed by atoms with van der Waals surface area (Å²) in [6.45, 7) is 4.06. The maximum absolute atomic E-state index is 5.69. The van der Waals surface area contributed by atoms with Crippen molar-refractivity contribution in [3.05, 3.63) is 26.9 Å². The number of halogens is 1. The monoisotopic (exact) mass is 313 g/mol. The summed E-state index contributed by atoms with van der Waals surface area (Å²) in [4.78, 5) is 13.5. The third kappa shape index (κ3) is 2.73. The van der Waals surface area contributed by atoms with Crippen LogP contribution in [-0.4, -0.2) is 15.0 Å². The van der Waals surface area contributed by atoms with E-state index in [0.717, 1.165) is 5.01 Å². The van der Waals surface area contributed by atoms with Crippen molar-refractivity contribution in [1.82, 2.24) is 15.0 Å². The van der Waals surface area contributed by atoms with Crippen LogP contribution < -0.4 is 11.1 Å². The Labute approximate surface area is 112 Å². The fourth-order valence-corrected chi connectivity index (χ4v) is 2.42. The summed E-state index contributed by atoms with van der Waals surface area (Å²) in [6, 6.07) is 0.0827. The highest BCUT2D eigenvalue weighted by Crippen LogP contribution is 2.28. The highest BCUT2D eigenvalue weighted by atomic mass is 79.9. The van der Waals surface area contributed by atoms with Crippen molar-refractivity contribution in [3.63, 3.8) is 0 Å². The number of aromatic nitrogens is 3. The van der Waals surface area contributed by atoms with Crippen molar-refractivity contribution in [3.8, 4) is 0 Å². The Bertz CT molecular complexity index is 527. The molecule has 3 N–H and O–H groups in total. The average Bonchev–Trinajstić information content (AvgIpc) is 2.72. The van der Waals surface area contributed by atoms with Gasteiger partial charge in [0.25, 0.3) is 0 Å². The van der Waals surface area contributed by atoms with Crippen LogP contribution >= 0.6 is 27.3 Å². The molecule has 0 radical (unpaired) electrons. The predicted molar refractivity (Wildman–Crippen MR) is 73.0 cm³/mol. The zero-order chi connectivity index (χ0) is 12.4. The van der Waals surface area contributed by atoms with Gasteiger partial charge in [0.15, 0.2) is 0 Å². The van der Waals surface area contributed by atoms with E-state index >= 15 is 0 Å². The zero-order valence-electron chi connectivity index (χ0n) is 9.44. The number of hydrogen-bond donors (Lipinski definition) is 2. The maximum atomic E-state index is 5.69. The minimum atomic E-state index is 0.0827. The molecule has 1 atom stereocenters. The molecule has 0 saturated heterocycles. The maximum Gasteiger partial charge on any atom is 0.146 e. The van der Waals surface area contributed by atoms with E-state index in [9.17, 15) is 0 Å². The number of hydrogen-bond acceptors (Lipinski definition) is 6. The van der Waals surface area contributed by atoms with E-state index in [2.05, 4.69) is 36.2 Å². The van der Waals surface area contributed by atoms with Gasteiger partial charge in [-0.25, -0.2) is 15.0 Å². The minimum absolute atomic E-state index is 0.0827. The Kier molecular flexibility index (Phi) is 3.58. The third-order valence-electron chi connectivity index (χ3n) is 2.18. The second-order valence-electron chi connectivity index (χ2n) is 3.60. The van der Waals surface area contributed by atoms with Crippen molar-refractivity contribution in [2.24, 2.45) is 0 Å². The van der Waals surface area contributed by atoms with Crippen LogP contribution in [0.1, 0.15) is 22.9 Å². The Balaban J connectivity index is 2.18. The molecule has 0 aliphatic carbocycles. The fraction of sp³-hybridized carbons (Fsp3) is 0.300. The molecular formula is C10H12BrN5S. The van der Waals surface area contributed by atoms with Crippen LogP contribution in [-0.2, 0) is 0 Å². The summed E-state index contributed by atoms with van der Waals surface area (Å²) in [6.07, 6.45) is 3.30. The molecular weight excluding hydrogens is 302 g/mol. The molecule has 17 heavy (non-hydrogen) atoms. The van der Waals surface area contributed by atoms with Gasteiger partial charge in [-0.3, -0.25) is 0 Å². The normalized spacial score (nSPS) is 12.4. The molecule has 0 bridgehead atoms. The third-order valence-corrected chi connectivity index (χ3v) is 4.06. The van der Waals surface area contributed by atoms with E-state index in [1.54, 1.807) is 11.3 Å². The molecule has 0 aromatic carbocycles. The second-order valence-corrected chi connectivity index (χ2v) is 5.66. The first kappa shape index (κ1) is 12.3. The zero-order valence-corrected chi connectivity index (χ0v) is 11.8. The number of nitrogens with two attached hydrogens (primary N) is 1. The molecule has 0 amide bonds. The van der Waals surface area contributed by atoms with Crippen molar-refractivity contribution in [1.29, 1.82) is 0 Å². The summed E-state index contributed by atoms with van der Waals surface area (Å²) < 4.78 is 0.681. The summed E-state index contributed by atoms with van der Waals surface area (Å²) in [5.74, 6) is 1.10. The first-order chi connectivity index (χ1) is 8.08. The van der Waals surface area contributed by atoms with Gasteiger partial charge in [-0.15, -0.1) is 11.3 Å². The first-order valence-electron chi connectivity index (χ1n) is 5.02. The molecule has 2 aromatic rings. The van der Waals surface area contributed by atoms with Gasteiger partial charge in [-0.05, 0) is 29.8 Å². The lowest BCUT2D eigenvalue weighted by Gasteiger charge is -2.13. The molecule has 2 heterocycles. The molecule has 1 unspecified atom stereocenters. The number of nitrogens with one attached hydrogen (secondary N) is 1. The standard InChI is InChI=1S/C10H12BrN5S/c1-5-3-13-10(17-5)6(2)16-9-7(11)8(12)14-4-15-9/h3-4,6H,1-2H3,(H3,12,14,15,16). The van der Waals surface area contributed by atoms with E-state index in [1.807, 2.05) is 20.0 Å². The Morgan fingerprint density at radius 1 is 1.41 bits per heavy atom. The largest absolute Gasteiger partial charge is 0.383 e. The van der Waals surface area contributed by atoms with Crippen LogP contribution in [0.25, 0.3) is 0 Å². The van der Waals surface area contributed by atoms with Crippen LogP contribution in [0.4, 0.5) is 11.6 Å².